The molecule has 0 rings (SSSR count). The van der Waals surface area contributed by atoms with Crippen LogP contribution in [0.5, 0.6) is 0 Å². The van der Waals surface area contributed by atoms with Gasteiger partial charge in [-0.15, -0.1) is 0 Å². The minimum atomic E-state index is -3.49. The van der Waals surface area contributed by atoms with Gasteiger partial charge in [0, 0.05) is 0 Å². The highest BCUT2D eigenvalue weighted by molar-refractivity contribution is 7.89. The first-order valence-electron chi connectivity index (χ1n) is 4.77. The van der Waals surface area contributed by atoms with Crippen molar-refractivity contribution in [1.82, 2.24) is 4.72 Å². The summed E-state index contributed by atoms with van der Waals surface area (Å²) in [5.41, 5.74) is -1.55. The fourth-order valence-electron chi connectivity index (χ4n) is 1.10. The molecule has 0 aromatic carbocycles. The molecule has 3 N–H and O–H groups in total. The highest BCUT2D eigenvalue weighted by atomic mass is 32.2. The second-order valence-electron chi connectivity index (χ2n) is 5.30. The van der Waals surface area contributed by atoms with E-state index in [1.54, 1.807) is 0 Å². The molecule has 0 bridgehead atoms. The van der Waals surface area contributed by atoms with Crippen LogP contribution in [0.4, 0.5) is 0 Å². The van der Waals surface area contributed by atoms with E-state index in [1.807, 2.05) is 20.8 Å². The largest absolute Gasteiger partial charge is 0.394 e. The van der Waals surface area contributed by atoms with Gasteiger partial charge < -0.3 is 10.2 Å². The molecular weight excluding hydrogens is 218 g/mol. The summed E-state index contributed by atoms with van der Waals surface area (Å²) >= 11 is 0. The Hall–Kier alpha value is -0.170. The predicted octanol–water partition coefficient (Wildman–Crippen LogP) is -0.305. The summed E-state index contributed by atoms with van der Waals surface area (Å²) in [6, 6.07) is 0. The lowest BCUT2D eigenvalue weighted by atomic mass is 10.0. The van der Waals surface area contributed by atoms with Gasteiger partial charge in [-0.25, -0.2) is 13.1 Å². The van der Waals surface area contributed by atoms with Crippen molar-refractivity contribution in [3.63, 3.8) is 0 Å². The topological polar surface area (TPSA) is 86.6 Å². The van der Waals surface area contributed by atoms with Crippen LogP contribution in [0.3, 0.4) is 0 Å². The normalized spacial score (nSPS) is 14.3. The molecule has 0 aliphatic rings. The molecule has 5 nitrogen and oxygen atoms in total. The lowest BCUT2D eigenvalue weighted by molar-refractivity contribution is 0.121. The Bertz CT molecular complexity index is 288. The summed E-state index contributed by atoms with van der Waals surface area (Å²) in [4.78, 5) is 0. The molecular formula is C9H21NO4S. The standard InChI is InChI=1S/C9H21NO4S/c1-8(2,3)7-15(13,14)10-9(4,5-11)6-12/h10-12H,5-7H2,1-4H3. The summed E-state index contributed by atoms with van der Waals surface area (Å²) in [6.45, 7) is 6.00. The van der Waals surface area contributed by atoms with E-state index >= 15 is 0 Å². The molecule has 0 unspecified atom stereocenters. The van der Waals surface area contributed by atoms with Crippen LogP contribution in [-0.2, 0) is 10.0 Å². The lowest BCUT2D eigenvalue weighted by Crippen LogP contribution is -2.53. The maximum atomic E-state index is 11.6. The van der Waals surface area contributed by atoms with Gasteiger partial charge in [-0.1, -0.05) is 20.8 Å². The van der Waals surface area contributed by atoms with Crippen molar-refractivity contribution in [2.75, 3.05) is 19.0 Å². The Morgan fingerprint density at radius 1 is 1.07 bits per heavy atom. The van der Waals surface area contributed by atoms with E-state index in [9.17, 15) is 8.42 Å². The molecule has 0 heterocycles. The van der Waals surface area contributed by atoms with Crippen LogP contribution in [-0.4, -0.2) is 43.1 Å². The molecule has 0 saturated carbocycles. The first-order valence-corrected chi connectivity index (χ1v) is 6.42. The third-order valence-corrected chi connectivity index (χ3v) is 3.77. The Morgan fingerprint density at radius 3 is 1.73 bits per heavy atom. The van der Waals surface area contributed by atoms with E-state index in [-0.39, 0.29) is 11.2 Å². The third kappa shape index (κ3) is 6.09. The van der Waals surface area contributed by atoms with Gasteiger partial charge in [0.25, 0.3) is 0 Å². The summed E-state index contributed by atoms with van der Waals surface area (Å²) in [5, 5.41) is 17.9. The molecule has 0 fully saturated rings. The van der Waals surface area contributed by atoms with Crippen LogP contribution in [0.25, 0.3) is 0 Å². The summed E-state index contributed by atoms with van der Waals surface area (Å²) in [7, 11) is -3.49. The van der Waals surface area contributed by atoms with Gasteiger partial charge in [0.2, 0.25) is 10.0 Å². The monoisotopic (exact) mass is 239 g/mol. The van der Waals surface area contributed by atoms with Crippen molar-refractivity contribution in [3.8, 4) is 0 Å². The van der Waals surface area contributed by atoms with Crippen molar-refractivity contribution in [2.24, 2.45) is 5.41 Å². The number of aliphatic hydroxyl groups excluding tert-OH is 2. The van der Waals surface area contributed by atoms with E-state index in [0.717, 1.165) is 0 Å². The fraction of sp³-hybridized carbons (Fsp3) is 1.00. The smallest absolute Gasteiger partial charge is 0.212 e. The van der Waals surface area contributed by atoms with Crippen LogP contribution in [0.1, 0.15) is 27.7 Å². The zero-order valence-electron chi connectivity index (χ0n) is 9.74. The summed E-state index contributed by atoms with van der Waals surface area (Å²) < 4.78 is 25.6. The molecule has 0 spiro atoms. The van der Waals surface area contributed by atoms with Gasteiger partial charge in [0.15, 0.2) is 0 Å². The molecule has 0 aromatic rings. The van der Waals surface area contributed by atoms with Crippen LogP contribution < -0.4 is 4.72 Å². The second-order valence-corrected chi connectivity index (χ2v) is 7.02. The van der Waals surface area contributed by atoms with Crippen LogP contribution >= 0.6 is 0 Å². The van der Waals surface area contributed by atoms with Crippen LogP contribution in [0.15, 0.2) is 0 Å². The van der Waals surface area contributed by atoms with Crippen molar-refractivity contribution in [1.29, 1.82) is 0 Å². The first-order chi connectivity index (χ1) is 6.54. The SMILES string of the molecule is CC(C)(C)CS(=O)(=O)NC(C)(CO)CO. The van der Waals surface area contributed by atoms with Gasteiger partial charge in [0.05, 0.1) is 24.5 Å². The number of rotatable bonds is 5. The van der Waals surface area contributed by atoms with E-state index in [0.29, 0.717) is 0 Å². The van der Waals surface area contributed by atoms with E-state index in [1.165, 1.54) is 6.92 Å². The molecule has 0 amide bonds. The molecule has 0 aliphatic heterocycles. The molecule has 0 saturated heterocycles. The Morgan fingerprint density at radius 2 is 1.47 bits per heavy atom. The Kier molecular flexibility index (Phi) is 4.72. The highest BCUT2D eigenvalue weighted by Crippen LogP contribution is 2.16. The quantitative estimate of drug-likeness (QED) is 0.614. The van der Waals surface area contributed by atoms with Crippen molar-refractivity contribution >= 4 is 10.0 Å². The molecule has 92 valence electrons. The zero-order chi connectivity index (χ0) is 12.3. The summed E-state index contributed by atoms with van der Waals surface area (Å²) in [5.74, 6) is -0.0460. The number of nitrogens with one attached hydrogen (secondary N) is 1. The van der Waals surface area contributed by atoms with Gasteiger partial charge in [-0.2, -0.15) is 0 Å². The van der Waals surface area contributed by atoms with Crippen molar-refractivity contribution in [2.45, 2.75) is 33.2 Å². The van der Waals surface area contributed by atoms with Gasteiger partial charge >= 0.3 is 0 Å². The molecule has 0 atom stereocenters. The van der Waals surface area contributed by atoms with E-state index in [4.69, 9.17) is 10.2 Å². The van der Waals surface area contributed by atoms with Crippen molar-refractivity contribution < 1.29 is 18.6 Å². The van der Waals surface area contributed by atoms with Gasteiger partial charge in [-0.05, 0) is 12.3 Å². The highest BCUT2D eigenvalue weighted by Gasteiger charge is 2.31. The molecule has 15 heavy (non-hydrogen) atoms. The van der Waals surface area contributed by atoms with Crippen LogP contribution in [0, 0.1) is 5.41 Å². The second kappa shape index (κ2) is 4.78. The number of hydrogen-bond donors (Lipinski definition) is 3. The average Bonchev–Trinajstić information content (AvgIpc) is 1.98. The minimum absolute atomic E-state index is 0.0460. The first kappa shape index (κ1) is 14.8. The zero-order valence-corrected chi connectivity index (χ0v) is 10.6. The maximum absolute atomic E-state index is 11.6. The maximum Gasteiger partial charge on any atom is 0.212 e. The van der Waals surface area contributed by atoms with Gasteiger partial charge in [0.1, 0.15) is 0 Å². The van der Waals surface area contributed by atoms with Gasteiger partial charge in [-0.3, -0.25) is 0 Å². The van der Waals surface area contributed by atoms with E-state index < -0.39 is 28.8 Å². The third-order valence-electron chi connectivity index (χ3n) is 1.72. The average molecular weight is 239 g/mol. The van der Waals surface area contributed by atoms with Crippen molar-refractivity contribution in [3.05, 3.63) is 0 Å². The van der Waals surface area contributed by atoms with E-state index in [2.05, 4.69) is 4.72 Å². The number of sulfonamides is 1. The molecule has 0 aromatic heterocycles. The summed E-state index contributed by atoms with van der Waals surface area (Å²) in [6.07, 6.45) is 0. The lowest BCUT2D eigenvalue weighted by Gasteiger charge is -2.28. The Labute approximate surface area is 91.6 Å². The predicted molar refractivity (Wildman–Crippen MR) is 59.0 cm³/mol. The number of aliphatic hydroxyl groups is 2. The molecule has 6 heteroatoms. The minimum Gasteiger partial charge on any atom is -0.394 e. The Balaban J connectivity index is 4.65. The fourth-order valence-corrected chi connectivity index (χ4v) is 3.19. The van der Waals surface area contributed by atoms with Crippen LogP contribution in [0.2, 0.25) is 0 Å². The number of hydrogen-bond acceptors (Lipinski definition) is 4. The molecule has 0 aliphatic carbocycles. The molecule has 0 radical (unpaired) electrons.